The van der Waals surface area contributed by atoms with Crippen molar-refractivity contribution in [2.75, 3.05) is 5.73 Å². The first-order chi connectivity index (χ1) is 11.7. The van der Waals surface area contributed by atoms with Crippen LogP contribution in [0.5, 0.6) is 0 Å². The topological polar surface area (TPSA) is 112 Å². The lowest BCUT2D eigenvalue weighted by atomic mass is 10.4. The molecule has 0 atom stereocenters. The Balaban J connectivity index is 2.12. The zero-order valence-electron chi connectivity index (χ0n) is 12.6. The quantitative estimate of drug-likeness (QED) is 0.722. The van der Waals surface area contributed by atoms with E-state index in [1.165, 1.54) is 36.4 Å². The molecule has 0 radical (unpaired) electrons. The average molecular weight is 398 g/mol. The molecule has 0 amide bonds. The molecule has 130 valence electrons. The molecule has 0 saturated heterocycles. The van der Waals surface area contributed by atoms with Crippen molar-refractivity contribution in [1.29, 1.82) is 0 Å². The third-order valence-electron chi connectivity index (χ3n) is 3.42. The number of nitrogen functional groups attached to an aromatic ring is 1. The van der Waals surface area contributed by atoms with Crippen LogP contribution >= 0.6 is 11.6 Å². The minimum Gasteiger partial charge on any atom is -0.382 e. The molecule has 0 aliphatic heterocycles. The van der Waals surface area contributed by atoms with Crippen LogP contribution in [0.25, 0.3) is 0 Å². The molecule has 1 aromatic heterocycles. The van der Waals surface area contributed by atoms with Gasteiger partial charge in [0.1, 0.15) is 4.90 Å². The Morgan fingerprint density at radius 2 is 1.48 bits per heavy atom. The molecule has 0 saturated carbocycles. The standard InChI is InChI=1S/C15H12ClN3O4S2/c16-11-6-8-13(9-7-11)25(22,23)19-15(17)14(10-18-19)24(20,21)12-4-2-1-3-5-12/h1-10H,17H2. The normalized spacial score (nSPS) is 12.2. The van der Waals surface area contributed by atoms with E-state index in [1.54, 1.807) is 18.2 Å². The first kappa shape index (κ1) is 17.5. The molecule has 3 aromatic rings. The zero-order valence-corrected chi connectivity index (χ0v) is 15.0. The Bertz CT molecular complexity index is 1120. The van der Waals surface area contributed by atoms with E-state index < -0.39 is 25.7 Å². The molecule has 0 fully saturated rings. The molecule has 10 heteroatoms. The summed E-state index contributed by atoms with van der Waals surface area (Å²) in [6.45, 7) is 0. The predicted octanol–water partition coefficient (Wildman–Crippen LogP) is 2.19. The number of halogens is 1. The number of sulfone groups is 1. The fourth-order valence-electron chi connectivity index (χ4n) is 2.16. The van der Waals surface area contributed by atoms with E-state index in [0.717, 1.165) is 6.20 Å². The number of nitrogens with zero attached hydrogens (tertiary/aromatic N) is 2. The smallest absolute Gasteiger partial charge is 0.284 e. The lowest BCUT2D eigenvalue weighted by molar-refractivity contribution is 0.581. The van der Waals surface area contributed by atoms with E-state index >= 15 is 0 Å². The summed E-state index contributed by atoms with van der Waals surface area (Å²) in [6, 6.07) is 12.9. The van der Waals surface area contributed by atoms with Gasteiger partial charge in [0.25, 0.3) is 10.0 Å². The second kappa shape index (κ2) is 6.17. The summed E-state index contributed by atoms with van der Waals surface area (Å²) in [7, 11) is -8.14. The van der Waals surface area contributed by atoms with Crippen LogP contribution in [0, 0.1) is 0 Å². The van der Waals surface area contributed by atoms with Crippen LogP contribution in [0.4, 0.5) is 5.82 Å². The van der Waals surface area contributed by atoms with Crippen LogP contribution < -0.4 is 5.73 Å². The molecular formula is C15H12ClN3O4S2. The van der Waals surface area contributed by atoms with E-state index in [4.69, 9.17) is 17.3 Å². The average Bonchev–Trinajstić information content (AvgIpc) is 2.99. The lowest BCUT2D eigenvalue weighted by Crippen LogP contribution is -2.17. The molecule has 0 aliphatic rings. The van der Waals surface area contributed by atoms with Crippen molar-refractivity contribution < 1.29 is 16.8 Å². The van der Waals surface area contributed by atoms with Crippen molar-refractivity contribution >= 4 is 37.3 Å². The molecule has 2 aromatic carbocycles. The summed E-state index contributed by atoms with van der Waals surface area (Å²) in [5.41, 5.74) is 5.80. The Morgan fingerprint density at radius 3 is 2.08 bits per heavy atom. The van der Waals surface area contributed by atoms with E-state index in [9.17, 15) is 16.8 Å². The van der Waals surface area contributed by atoms with Gasteiger partial charge in [-0.3, -0.25) is 0 Å². The second-order valence-corrected chi connectivity index (χ2v) is 9.13. The first-order valence-electron chi connectivity index (χ1n) is 6.89. The van der Waals surface area contributed by atoms with Crippen molar-refractivity contribution in [1.82, 2.24) is 9.19 Å². The molecule has 0 spiro atoms. The van der Waals surface area contributed by atoms with Crippen LogP contribution in [0.1, 0.15) is 0 Å². The molecule has 25 heavy (non-hydrogen) atoms. The van der Waals surface area contributed by atoms with Gasteiger partial charge in [-0.1, -0.05) is 29.8 Å². The number of aromatic nitrogens is 2. The van der Waals surface area contributed by atoms with Gasteiger partial charge in [-0.25, -0.2) is 8.42 Å². The van der Waals surface area contributed by atoms with Gasteiger partial charge in [-0.2, -0.15) is 13.5 Å². The summed E-state index contributed by atoms with van der Waals surface area (Å²) in [5.74, 6) is -0.487. The van der Waals surface area contributed by atoms with Crippen molar-refractivity contribution in [2.45, 2.75) is 14.7 Å². The van der Waals surface area contributed by atoms with Crippen molar-refractivity contribution in [3.63, 3.8) is 0 Å². The largest absolute Gasteiger partial charge is 0.382 e. The summed E-state index contributed by atoms with van der Waals surface area (Å²) in [6.07, 6.45) is 0.922. The van der Waals surface area contributed by atoms with Gasteiger partial charge < -0.3 is 5.73 Å². The van der Waals surface area contributed by atoms with Gasteiger partial charge in [-0.15, -0.1) is 4.09 Å². The van der Waals surface area contributed by atoms with Gasteiger partial charge in [0, 0.05) is 5.02 Å². The maximum atomic E-state index is 12.6. The van der Waals surface area contributed by atoms with E-state index in [-0.39, 0.29) is 14.7 Å². The van der Waals surface area contributed by atoms with E-state index in [0.29, 0.717) is 9.11 Å². The molecule has 1 heterocycles. The number of hydrogen-bond acceptors (Lipinski definition) is 6. The molecule has 0 aliphatic carbocycles. The van der Waals surface area contributed by atoms with Gasteiger partial charge in [0.2, 0.25) is 9.84 Å². The molecule has 0 unspecified atom stereocenters. The lowest BCUT2D eigenvalue weighted by Gasteiger charge is -2.07. The number of hydrogen-bond donors (Lipinski definition) is 1. The monoisotopic (exact) mass is 397 g/mol. The van der Waals surface area contributed by atoms with Gasteiger partial charge in [0.05, 0.1) is 16.0 Å². The summed E-state index contributed by atoms with van der Waals surface area (Å²) < 4.78 is 51.0. The Labute approximate surface area is 149 Å². The van der Waals surface area contributed by atoms with Crippen LogP contribution in [-0.4, -0.2) is 26.0 Å². The third-order valence-corrected chi connectivity index (χ3v) is 7.07. The summed E-state index contributed by atoms with van der Waals surface area (Å²) in [5, 5.41) is 4.03. The van der Waals surface area contributed by atoms with Crippen LogP contribution in [-0.2, 0) is 19.9 Å². The molecular weight excluding hydrogens is 386 g/mol. The van der Waals surface area contributed by atoms with Crippen LogP contribution in [0.3, 0.4) is 0 Å². The Kier molecular flexibility index (Phi) is 4.31. The fraction of sp³-hybridized carbons (Fsp3) is 0. The van der Waals surface area contributed by atoms with Gasteiger partial charge >= 0.3 is 0 Å². The first-order valence-corrected chi connectivity index (χ1v) is 10.2. The fourth-order valence-corrected chi connectivity index (χ4v) is 4.87. The number of anilines is 1. The SMILES string of the molecule is Nc1c(S(=O)(=O)c2ccccc2)cnn1S(=O)(=O)c1ccc(Cl)cc1. The number of benzene rings is 2. The Morgan fingerprint density at radius 1 is 0.880 bits per heavy atom. The van der Waals surface area contributed by atoms with Crippen molar-refractivity contribution in [3.05, 3.63) is 65.8 Å². The Hall–Kier alpha value is -2.36. The summed E-state index contributed by atoms with van der Waals surface area (Å²) in [4.78, 5) is -0.503. The van der Waals surface area contributed by atoms with Gasteiger partial charge in [-0.05, 0) is 36.4 Å². The highest BCUT2D eigenvalue weighted by molar-refractivity contribution is 7.92. The molecule has 0 bridgehead atoms. The minimum atomic E-state index is -4.15. The second-order valence-electron chi connectivity index (χ2n) is 5.01. The highest BCUT2D eigenvalue weighted by Crippen LogP contribution is 2.28. The minimum absolute atomic E-state index is 0.00913. The van der Waals surface area contributed by atoms with Crippen molar-refractivity contribution in [3.8, 4) is 0 Å². The zero-order chi connectivity index (χ0) is 18.2. The van der Waals surface area contributed by atoms with Crippen LogP contribution in [0.2, 0.25) is 5.02 Å². The molecule has 7 nitrogen and oxygen atoms in total. The summed E-state index contributed by atoms with van der Waals surface area (Å²) >= 11 is 5.75. The molecule has 3 rings (SSSR count). The maximum absolute atomic E-state index is 12.6. The molecule has 2 N–H and O–H groups in total. The number of rotatable bonds is 4. The highest BCUT2D eigenvalue weighted by Gasteiger charge is 2.29. The highest BCUT2D eigenvalue weighted by atomic mass is 35.5. The number of nitrogens with two attached hydrogens (primary N) is 1. The third kappa shape index (κ3) is 3.01. The maximum Gasteiger partial charge on any atom is 0.284 e. The predicted molar refractivity (Wildman–Crippen MR) is 92.6 cm³/mol. The van der Waals surface area contributed by atoms with Crippen LogP contribution in [0.15, 0.2) is 75.5 Å². The van der Waals surface area contributed by atoms with Gasteiger partial charge in [0.15, 0.2) is 5.82 Å². The van der Waals surface area contributed by atoms with E-state index in [1.807, 2.05) is 0 Å². The van der Waals surface area contributed by atoms with E-state index in [2.05, 4.69) is 5.10 Å². The van der Waals surface area contributed by atoms with Crippen molar-refractivity contribution in [2.24, 2.45) is 0 Å².